The normalized spacial score (nSPS) is 10.3. The van der Waals surface area contributed by atoms with Crippen LogP contribution < -0.4 is 9.18 Å². The summed E-state index contributed by atoms with van der Waals surface area (Å²) in [6, 6.07) is 12.4. The van der Waals surface area contributed by atoms with Crippen LogP contribution in [0.1, 0.15) is 11.4 Å². The molecule has 0 fully saturated rings. The minimum absolute atomic E-state index is 0.220. The zero-order valence-corrected chi connectivity index (χ0v) is 10.5. The molecule has 1 aromatic carbocycles. The van der Waals surface area contributed by atoms with Gasteiger partial charge in [-0.2, -0.15) is 0 Å². The summed E-state index contributed by atoms with van der Waals surface area (Å²) in [5, 5.41) is 0. The third kappa shape index (κ3) is 2.88. The van der Waals surface area contributed by atoms with Gasteiger partial charge in [-0.3, -0.25) is 0 Å². The Morgan fingerprint density at radius 2 is 1.53 bits per heavy atom. The molecular weight excluding hydrogens is 251 g/mol. The molecular formula is C12H12N2Se. The molecule has 1 heterocycles. The molecule has 0 aliphatic rings. The number of hydrogen-bond acceptors (Lipinski definition) is 2. The Kier molecular flexibility index (Phi) is 3.14. The van der Waals surface area contributed by atoms with Gasteiger partial charge in [-0.25, -0.2) is 0 Å². The van der Waals surface area contributed by atoms with Crippen molar-refractivity contribution in [1.29, 1.82) is 0 Å². The predicted molar refractivity (Wildman–Crippen MR) is 63.0 cm³/mol. The molecule has 0 unspecified atom stereocenters. The summed E-state index contributed by atoms with van der Waals surface area (Å²) in [5.74, 6) is 0. The second-order valence-electron chi connectivity index (χ2n) is 3.35. The van der Waals surface area contributed by atoms with Crippen LogP contribution in [0.5, 0.6) is 0 Å². The third-order valence-electron chi connectivity index (χ3n) is 1.91. The van der Waals surface area contributed by atoms with Crippen molar-refractivity contribution < 1.29 is 0 Å². The first kappa shape index (κ1) is 10.3. The van der Waals surface area contributed by atoms with E-state index in [2.05, 4.69) is 34.2 Å². The van der Waals surface area contributed by atoms with Crippen LogP contribution in [0.3, 0.4) is 0 Å². The van der Waals surface area contributed by atoms with Crippen molar-refractivity contribution in [3.05, 3.63) is 47.8 Å². The molecule has 0 aliphatic carbocycles. The molecule has 0 atom stereocenters. The van der Waals surface area contributed by atoms with Crippen LogP contribution in [-0.2, 0) is 0 Å². The Morgan fingerprint density at radius 1 is 0.933 bits per heavy atom. The summed E-state index contributed by atoms with van der Waals surface area (Å²) in [4.78, 5) is 8.89. The van der Waals surface area contributed by atoms with Gasteiger partial charge in [0, 0.05) is 0 Å². The van der Waals surface area contributed by atoms with E-state index >= 15 is 0 Å². The van der Waals surface area contributed by atoms with Gasteiger partial charge in [-0.05, 0) is 0 Å². The van der Waals surface area contributed by atoms with Crippen LogP contribution in [0.15, 0.2) is 36.4 Å². The van der Waals surface area contributed by atoms with Crippen LogP contribution in [0.4, 0.5) is 0 Å². The van der Waals surface area contributed by atoms with E-state index in [1.807, 2.05) is 26.0 Å². The minimum atomic E-state index is 0.220. The monoisotopic (exact) mass is 264 g/mol. The van der Waals surface area contributed by atoms with Crippen molar-refractivity contribution in [1.82, 2.24) is 9.97 Å². The average Bonchev–Trinajstić information content (AvgIpc) is 2.17. The Morgan fingerprint density at radius 3 is 2.13 bits per heavy atom. The molecule has 1 aromatic heterocycles. The zero-order valence-electron chi connectivity index (χ0n) is 8.77. The van der Waals surface area contributed by atoms with Crippen molar-refractivity contribution in [3.63, 3.8) is 0 Å². The number of hydrogen-bond donors (Lipinski definition) is 0. The summed E-state index contributed by atoms with van der Waals surface area (Å²) in [7, 11) is 0. The van der Waals surface area contributed by atoms with Crippen LogP contribution in [0, 0.1) is 13.8 Å². The maximum atomic E-state index is 4.45. The molecule has 2 rings (SSSR count). The molecule has 2 aromatic rings. The molecule has 0 N–H and O–H groups in total. The van der Waals surface area contributed by atoms with Gasteiger partial charge in [0.2, 0.25) is 0 Å². The Labute approximate surface area is 95.9 Å². The Balaban J connectivity index is 2.25. The van der Waals surface area contributed by atoms with Crippen molar-refractivity contribution in [3.8, 4) is 0 Å². The summed E-state index contributed by atoms with van der Waals surface area (Å²) >= 11 is 0.220. The first-order chi connectivity index (χ1) is 7.24. The van der Waals surface area contributed by atoms with E-state index in [9.17, 15) is 0 Å². The molecule has 0 bridgehead atoms. The summed E-state index contributed by atoms with van der Waals surface area (Å²) in [5.41, 5.74) is 2.10. The number of aryl methyl sites for hydroxylation is 2. The van der Waals surface area contributed by atoms with Crippen molar-refractivity contribution >= 4 is 24.1 Å². The molecule has 0 spiro atoms. The van der Waals surface area contributed by atoms with E-state index < -0.39 is 0 Å². The molecule has 0 amide bonds. The molecule has 0 saturated heterocycles. The van der Waals surface area contributed by atoms with E-state index in [4.69, 9.17) is 0 Å². The van der Waals surface area contributed by atoms with Gasteiger partial charge in [-0.15, -0.1) is 0 Å². The molecule has 2 nitrogen and oxygen atoms in total. The number of aromatic nitrogens is 2. The predicted octanol–water partition coefficient (Wildman–Crippen LogP) is 0.748. The molecule has 3 heteroatoms. The van der Waals surface area contributed by atoms with Crippen LogP contribution in [0.2, 0.25) is 0 Å². The van der Waals surface area contributed by atoms with E-state index in [1.165, 1.54) is 4.46 Å². The van der Waals surface area contributed by atoms with Crippen LogP contribution in [0.25, 0.3) is 0 Å². The van der Waals surface area contributed by atoms with E-state index in [-0.39, 0.29) is 15.0 Å². The number of nitrogens with zero attached hydrogens (tertiary/aromatic N) is 2. The fourth-order valence-corrected chi connectivity index (χ4v) is 3.19. The van der Waals surface area contributed by atoms with E-state index in [0.29, 0.717) is 0 Å². The topological polar surface area (TPSA) is 25.8 Å². The average molecular weight is 263 g/mol. The van der Waals surface area contributed by atoms with Crippen molar-refractivity contribution in [2.75, 3.05) is 0 Å². The standard InChI is InChI=1S/C12H12N2Se/c1-9-8-10(2)14-12(13-9)15-11-6-4-3-5-7-11/h3-8H,1-2H3. The third-order valence-corrected chi connectivity index (χ3v) is 3.75. The summed E-state index contributed by atoms with van der Waals surface area (Å²) < 4.78 is 2.28. The fourth-order valence-electron chi connectivity index (χ4n) is 1.33. The van der Waals surface area contributed by atoms with E-state index in [1.54, 1.807) is 0 Å². The second-order valence-corrected chi connectivity index (χ2v) is 5.53. The quantitative estimate of drug-likeness (QED) is 0.747. The number of rotatable bonds is 2. The van der Waals surface area contributed by atoms with Crippen LogP contribution >= 0.6 is 0 Å². The van der Waals surface area contributed by atoms with Gasteiger partial charge in [0.05, 0.1) is 0 Å². The SMILES string of the molecule is Cc1cc(C)nc([Se]c2ccccc2)n1. The first-order valence-electron chi connectivity index (χ1n) is 4.79. The van der Waals surface area contributed by atoms with Gasteiger partial charge in [-0.1, -0.05) is 0 Å². The van der Waals surface area contributed by atoms with Crippen LogP contribution in [-0.4, -0.2) is 24.9 Å². The molecule has 0 aliphatic heterocycles. The molecule has 76 valence electrons. The van der Waals surface area contributed by atoms with Gasteiger partial charge >= 0.3 is 95.7 Å². The van der Waals surface area contributed by atoms with Gasteiger partial charge in [0.15, 0.2) is 0 Å². The van der Waals surface area contributed by atoms with Gasteiger partial charge in [0.25, 0.3) is 0 Å². The first-order valence-corrected chi connectivity index (χ1v) is 6.50. The van der Waals surface area contributed by atoms with Gasteiger partial charge < -0.3 is 0 Å². The molecule has 0 saturated carbocycles. The summed E-state index contributed by atoms with van der Waals surface area (Å²) in [6.07, 6.45) is 0. The van der Waals surface area contributed by atoms with Crippen molar-refractivity contribution in [2.45, 2.75) is 13.8 Å². The second kappa shape index (κ2) is 4.56. The molecule has 15 heavy (non-hydrogen) atoms. The fraction of sp³-hybridized carbons (Fsp3) is 0.167. The molecule has 0 radical (unpaired) electrons. The Hall–Kier alpha value is -1.18. The summed E-state index contributed by atoms with van der Waals surface area (Å²) in [6.45, 7) is 4.03. The van der Waals surface area contributed by atoms with Crippen molar-refractivity contribution in [2.24, 2.45) is 0 Å². The van der Waals surface area contributed by atoms with E-state index in [0.717, 1.165) is 16.1 Å². The van der Waals surface area contributed by atoms with Gasteiger partial charge in [0.1, 0.15) is 0 Å². The number of benzene rings is 1. The zero-order chi connectivity index (χ0) is 10.7. The Bertz CT molecular complexity index is 434. The maximum absolute atomic E-state index is 4.45.